The first kappa shape index (κ1) is 14.7. The van der Waals surface area contributed by atoms with E-state index in [1.54, 1.807) is 11.3 Å². The minimum atomic E-state index is 0.649. The summed E-state index contributed by atoms with van der Waals surface area (Å²) >= 11 is 1.74. The van der Waals surface area contributed by atoms with E-state index in [9.17, 15) is 0 Å². The van der Waals surface area contributed by atoms with Gasteiger partial charge in [-0.2, -0.15) is 0 Å². The van der Waals surface area contributed by atoms with Crippen molar-refractivity contribution in [2.75, 3.05) is 20.1 Å². The zero-order valence-electron chi connectivity index (χ0n) is 12.6. The Morgan fingerprint density at radius 2 is 2.14 bits per heavy atom. The smallest absolute Gasteiger partial charge is 0.123 e. The second kappa shape index (κ2) is 7.16. The number of hydrogen-bond acceptors (Lipinski definition) is 4. The topological polar surface area (TPSA) is 28.2 Å². The maximum atomic E-state index is 4.77. The third-order valence-electron chi connectivity index (χ3n) is 3.95. The lowest BCUT2D eigenvalue weighted by Crippen LogP contribution is -2.42. The number of likely N-dealkylation sites (N-methyl/N-ethyl adjacent to an activating group) is 1. The summed E-state index contributed by atoms with van der Waals surface area (Å²) in [5.41, 5.74) is 2.39. The van der Waals surface area contributed by atoms with Crippen LogP contribution in [0, 0.1) is 0 Å². The molecule has 3 nitrogen and oxygen atoms in total. The molecule has 21 heavy (non-hydrogen) atoms. The van der Waals surface area contributed by atoms with Crippen LogP contribution < -0.4 is 5.32 Å². The summed E-state index contributed by atoms with van der Waals surface area (Å²) in [6.07, 6.45) is 3.99. The van der Waals surface area contributed by atoms with Gasteiger partial charge in [0.25, 0.3) is 0 Å². The molecule has 4 heteroatoms. The van der Waals surface area contributed by atoms with E-state index in [1.165, 1.54) is 37.1 Å². The molecule has 0 amide bonds. The fraction of sp³-hybridized carbons (Fsp3) is 0.471. The van der Waals surface area contributed by atoms with Gasteiger partial charge in [0.15, 0.2) is 0 Å². The predicted octanol–water partition coefficient (Wildman–Crippen LogP) is 3.38. The average molecular weight is 301 g/mol. The normalized spacial score (nSPS) is 19.0. The summed E-state index contributed by atoms with van der Waals surface area (Å²) < 4.78 is 0. The van der Waals surface area contributed by atoms with E-state index in [4.69, 9.17) is 4.98 Å². The summed E-state index contributed by atoms with van der Waals surface area (Å²) in [5, 5.41) is 6.92. The molecule has 1 aromatic carbocycles. The first-order valence-electron chi connectivity index (χ1n) is 7.73. The molecule has 1 atom stereocenters. The van der Waals surface area contributed by atoms with Gasteiger partial charge in [-0.25, -0.2) is 4.98 Å². The van der Waals surface area contributed by atoms with Gasteiger partial charge in [0.1, 0.15) is 5.01 Å². The number of nitrogens with one attached hydrogen (secondary N) is 1. The summed E-state index contributed by atoms with van der Waals surface area (Å²) in [4.78, 5) is 7.15. The van der Waals surface area contributed by atoms with Gasteiger partial charge in [-0.1, -0.05) is 36.8 Å². The Labute approximate surface area is 131 Å². The second-order valence-electron chi connectivity index (χ2n) is 5.85. The summed E-state index contributed by atoms with van der Waals surface area (Å²) in [5.74, 6) is 0. The standard InChI is InChI=1S/C17H23N3S/c1-20(11-15-9-5-6-10-18-15)12-16-13-21-17(19-16)14-7-3-2-4-8-14/h2-4,7-8,13,15,18H,5-6,9-12H2,1H3. The van der Waals surface area contributed by atoms with Crippen LogP contribution in [0.15, 0.2) is 35.7 Å². The number of aromatic nitrogens is 1. The molecule has 2 heterocycles. The monoisotopic (exact) mass is 301 g/mol. The van der Waals surface area contributed by atoms with Crippen molar-refractivity contribution < 1.29 is 0 Å². The number of benzene rings is 1. The van der Waals surface area contributed by atoms with Crippen LogP contribution in [0.3, 0.4) is 0 Å². The maximum Gasteiger partial charge on any atom is 0.123 e. The Hall–Kier alpha value is -1.23. The summed E-state index contributed by atoms with van der Waals surface area (Å²) in [6, 6.07) is 11.1. The molecule has 0 bridgehead atoms. The van der Waals surface area contributed by atoms with Crippen molar-refractivity contribution in [1.82, 2.24) is 15.2 Å². The van der Waals surface area contributed by atoms with E-state index in [-0.39, 0.29) is 0 Å². The van der Waals surface area contributed by atoms with E-state index in [0.717, 1.165) is 18.1 Å². The third-order valence-corrected chi connectivity index (χ3v) is 4.89. The van der Waals surface area contributed by atoms with Gasteiger partial charge in [0.2, 0.25) is 0 Å². The van der Waals surface area contributed by atoms with Gasteiger partial charge < -0.3 is 5.32 Å². The van der Waals surface area contributed by atoms with Crippen molar-refractivity contribution in [2.45, 2.75) is 31.8 Å². The largest absolute Gasteiger partial charge is 0.313 e. The molecule has 1 fully saturated rings. The summed E-state index contributed by atoms with van der Waals surface area (Å²) in [6.45, 7) is 3.22. The Bertz CT molecular complexity index is 546. The fourth-order valence-electron chi connectivity index (χ4n) is 2.89. The third kappa shape index (κ3) is 4.13. The van der Waals surface area contributed by atoms with Crippen LogP contribution in [0.25, 0.3) is 10.6 Å². The zero-order valence-corrected chi connectivity index (χ0v) is 13.4. The Morgan fingerprint density at radius 1 is 1.29 bits per heavy atom. The molecule has 3 rings (SSSR count). The van der Waals surface area contributed by atoms with Crippen molar-refractivity contribution >= 4 is 11.3 Å². The molecule has 0 aliphatic carbocycles. The number of nitrogens with zero attached hydrogens (tertiary/aromatic N) is 2. The molecule has 1 aliphatic rings. The van der Waals surface area contributed by atoms with Crippen LogP contribution >= 0.6 is 11.3 Å². The van der Waals surface area contributed by atoms with Gasteiger partial charge in [-0.3, -0.25) is 4.90 Å². The van der Waals surface area contributed by atoms with E-state index in [0.29, 0.717) is 6.04 Å². The maximum absolute atomic E-state index is 4.77. The average Bonchev–Trinajstić information content (AvgIpc) is 2.97. The SMILES string of the molecule is CN(Cc1csc(-c2ccccc2)n1)CC1CCCCN1. The van der Waals surface area contributed by atoms with Crippen LogP contribution in [0.5, 0.6) is 0 Å². The lowest BCUT2D eigenvalue weighted by molar-refractivity contribution is 0.255. The molecule has 1 aromatic heterocycles. The molecule has 1 saturated heterocycles. The molecule has 0 spiro atoms. The molecule has 2 aromatic rings. The van der Waals surface area contributed by atoms with Crippen LogP contribution in [-0.4, -0.2) is 36.1 Å². The summed E-state index contributed by atoms with van der Waals surface area (Å²) in [7, 11) is 2.19. The highest BCUT2D eigenvalue weighted by molar-refractivity contribution is 7.13. The van der Waals surface area contributed by atoms with E-state index < -0.39 is 0 Å². The number of hydrogen-bond donors (Lipinski definition) is 1. The molecule has 1 N–H and O–H groups in total. The first-order valence-corrected chi connectivity index (χ1v) is 8.61. The predicted molar refractivity (Wildman–Crippen MR) is 89.5 cm³/mol. The van der Waals surface area contributed by atoms with E-state index in [1.807, 2.05) is 6.07 Å². The first-order chi connectivity index (χ1) is 10.3. The molecular formula is C17H23N3S. The molecule has 0 radical (unpaired) electrons. The van der Waals surface area contributed by atoms with Crippen molar-refractivity contribution in [2.24, 2.45) is 0 Å². The minimum Gasteiger partial charge on any atom is -0.313 e. The highest BCUT2D eigenvalue weighted by atomic mass is 32.1. The Kier molecular flexibility index (Phi) is 5.01. The lowest BCUT2D eigenvalue weighted by Gasteiger charge is -2.27. The van der Waals surface area contributed by atoms with Crippen LogP contribution in [0.1, 0.15) is 25.0 Å². The quantitative estimate of drug-likeness (QED) is 0.917. The lowest BCUT2D eigenvalue weighted by atomic mass is 10.0. The van der Waals surface area contributed by atoms with Crippen LogP contribution in [-0.2, 0) is 6.54 Å². The molecular weight excluding hydrogens is 278 g/mol. The van der Waals surface area contributed by atoms with E-state index in [2.05, 4.69) is 46.9 Å². The van der Waals surface area contributed by atoms with Crippen molar-refractivity contribution in [3.8, 4) is 10.6 Å². The van der Waals surface area contributed by atoms with Gasteiger partial charge >= 0.3 is 0 Å². The fourth-order valence-corrected chi connectivity index (χ4v) is 3.71. The van der Waals surface area contributed by atoms with Crippen molar-refractivity contribution in [1.29, 1.82) is 0 Å². The van der Waals surface area contributed by atoms with Crippen molar-refractivity contribution in [3.05, 3.63) is 41.4 Å². The highest BCUT2D eigenvalue weighted by Crippen LogP contribution is 2.23. The van der Waals surface area contributed by atoms with Gasteiger partial charge in [0.05, 0.1) is 5.69 Å². The Balaban J connectivity index is 1.56. The number of piperidine rings is 1. The van der Waals surface area contributed by atoms with Crippen LogP contribution in [0.2, 0.25) is 0 Å². The molecule has 0 saturated carbocycles. The second-order valence-corrected chi connectivity index (χ2v) is 6.71. The Morgan fingerprint density at radius 3 is 2.90 bits per heavy atom. The van der Waals surface area contributed by atoms with Gasteiger partial charge in [0, 0.05) is 30.1 Å². The molecule has 1 unspecified atom stereocenters. The minimum absolute atomic E-state index is 0.649. The van der Waals surface area contributed by atoms with Gasteiger partial charge in [-0.15, -0.1) is 11.3 Å². The molecule has 1 aliphatic heterocycles. The van der Waals surface area contributed by atoms with Gasteiger partial charge in [-0.05, 0) is 26.4 Å². The number of rotatable bonds is 5. The zero-order chi connectivity index (χ0) is 14.5. The highest BCUT2D eigenvalue weighted by Gasteiger charge is 2.15. The number of thiazole rings is 1. The van der Waals surface area contributed by atoms with Crippen molar-refractivity contribution in [3.63, 3.8) is 0 Å². The molecule has 112 valence electrons. The van der Waals surface area contributed by atoms with Crippen LogP contribution in [0.4, 0.5) is 0 Å². The van der Waals surface area contributed by atoms with E-state index >= 15 is 0 Å².